The molecule has 2 aliphatic rings. The van der Waals surface area contributed by atoms with E-state index >= 15 is 0 Å². The van der Waals surface area contributed by atoms with E-state index in [1.807, 2.05) is 0 Å². The molecule has 9 rings (SSSR count). The van der Waals surface area contributed by atoms with Crippen LogP contribution in [-0.2, 0) is 0 Å². The molecule has 0 saturated heterocycles. The lowest BCUT2D eigenvalue weighted by atomic mass is 9.33. The molecule has 7 aromatic carbocycles. The van der Waals surface area contributed by atoms with E-state index in [0.717, 1.165) is 5.69 Å². The molecule has 0 radical (unpaired) electrons. The van der Waals surface area contributed by atoms with Crippen molar-refractivity contribution in [1.82, 2.24) is 0 Å². The van der Waals surface area contributed by atoms with E-state index in [1.54, 1.807) is 0 Å². The maximum atomic E-state index is 2.48. The average molecular weight is 587 g/mol. The van der Waals surface area contributed by atoms with Crippen molar-refractivity contribution in [3.8, 4) is 22.3 Å². The zero-order valence-electron chi connectivity index (χ0n) is 25.6. The van der Waals surface area contributed by atoms with Crippen molar-refractivity contribution >= 4 is 57.2 Å². The smallest absolute Gasteiger partial charge is 0.252 e. The lowest BCUT2D eigenvalue weighted by Gasteiger charge is -2.44. The van der Waals surface area contributed by atoms with Gasteiger partial charge in [-0.1, -0.05) is 127 Å². The molecule has 0 unspecified atom stereocenters. The summed E-state index contributed by atoms with van der Waals surface area (Å²) in [6, 6.07) is 62.1. The molecule has 0 fully saturated rings. The zero-order chi connectivity index (χ0) is 30.6. The highest BCUT2D eigenvalue weighted by Crippen LogP contribution is 2.44. The number of hydrogen-bond acceptors (Lipinski definition) is 2. The van der Waals surface area contributed by atoms with Gasteiger partial charge in [-0.25, -0.2) is 0 Å². The molecule has 0 N–H and O–H groups in total. The molecule has 0 saturated carbocycles. The zero-order valence-corrected chi connectivity index (χ0v) is 25.6. The number of fused-ring (bicyclic) bond motifs is 4. The summed E-state index contributed by atoms with van der Waals surface area (Å²) in [5, 5.41) is 0. The molecule has 46 heavy (non-hydrogen) atoms. The fourth-order valence-electron chi connectivity index (χ4n) is 7.37. The Balaban J connectivity index is 1.29. The maximum Gasteiger partial charge on any atom is 0.252 e. The highest BCUT2D eigenvalue weighted by molar-refractivity contribution is 7.00. The first-order chi connectivity index (χ1) is 22.7. The van der Waals surface area contributed by atoms with Crippen LogP contribution >= 0.6 is 0 Å². The first kappa shape index (κ1) is 26.6. The lowest BCUT2D eigenvalue weighted by molar-refractivity contribution is 1.25. The number of aryl methyl sites for hydroxylation is 1. The van der Waals surface area contributed by atoms with Gasteiger partial charge in [0.1, 0.15) is 0 Å². The van der Waals surface area contributed by atoms with Gasteiger partial charge in [-0.05, 0) is 94.1 Å². The molecule has 0 aromatic heterocycles. The largest absolute Gasteiger partial charge is 0.311 e. The SMILES string of the molecule is Cc1ccc(-c2ccc3c(c2)N(c2ccc(-c4ccccc4)cc2)c2cccc4c2B3c2ccccc2N4c2ccccc2)cc1. The van der Waals surface area contributed by atoms with Crippen molar-refractivity contribution in [2.75, 3.05) is 9.80 Å². The van der Waals surface area contributed by atoms with E-state index in [1.165, 1.54) is 72.6 Å². The number of rotatable bonds is 4. The second-order valence-corrected chi connectivity index (χ2v) is 12.3. The molecule has 0 amide bonds. The van der Waals surface area contributed by atoms with Crippen LogP contribution in [0.2, 0.25) is 0 Å². The third kappa shape index (κ3) is 4.20. The summed E-state index contributed by atoms with van der Waals surface area (Å²) in [5.74, 6) is 0. The summed E-state index contributed by atoms with van der Waals surface area (Å²) >= 11 is 0. The molecule has 216 valence electrons. The predicted molar refractivity (Wildman–Crippen MR) is 196 cm³/mol. The van der Waals surface area contributed by atoms with Gasteiger partial charge in [-0.2, -0.15) is 0 Å². The van der Waals surface area contributed by atoms with Crippen LogP contribution in [0.25, 0.3) is 22.3 Å². The molecule has 0 spiro atoms. The van der Waals surface area contributed by atoms with E-state index in [-0.39, 0.29) is 6.71 Å². The van der Waals surface area contributed by atoms with Gasteiger partial charge in [0.2, 0.25) is 0 Å². The second kappa shape index (κ2) is 10.7. The van der Waals surface area contributed by atoms with Crippen molar-refractivity contribution < 1.29 is 0 Å². The average Bonchev–Trinajstić information content (AvgIpc) is 3.12. The Hall–Kier alpha value is -5.80. The quantitative estimate of drug-likeness (QED) is 0.190. The fraction of sp³-hybridized carbons (Fsp3) is 0.0233. The van der Waals surface area contributed by atoms with Crippen LogP contribution in [0.5, 0.6) is 0 Å². The number of para-hydroxylation sites is 2. The molecule has 3 heteroatoms. The van der Waals surface area contributed by atoms with Crippen LogP contribution in [0.15, 0.2) is 170 Å². The standard InChI is InChI=1S/C43H31BN2/c1-30-19-21-33(22-20-30)34-25-28-38-42(29-34)46(36-26-23-32(24-27-36)31-11-4-2-5-12-31)41-18-10-17-40-43(41)44(38)37-15-8-9-16-39(37)45(40)35-13-6-3-7-14-35/h2-29H,1H3. The summed E-state index contributed by atoms with van der Waals surface area (Å²) < 4.78 is 0. The van der Waals surface area contributed by atoms with Crippen molar-refractivity contribution in [3.05, 3.63) is 175 Å². The van der Waals surface area contributed by atoms with Crippen LogP contribution in [-0.4, -0.2) is 6.71 Å². The maximum absolute atomic E-state index is 2.48. The minimum absolute atomic E-state index is 0.115. The number of hydrogen-bond donors (Lipinski definition) is 0. The minimum Gasteiger partial charge on any atom is -0.311 e. The second-order valence-electron chi connectivity index (χ2n) is 12.3. The normalized spacial score (nSPS) is 12.8. The molecule has 2 nitrogen and oxygen atoms in total. The summed E-state index contributed by atoms with van der Waals surface area (Å²) in [6.45, 7) is 2.26. The van der Waals surface area contributed by atoms with Crippen molar-refractivity contribution in [2.24, 2.45) is 0 Å². The Labute approximate surface area is 270 Å². The van der Waals surface area contributed by atoms with Crippen molar-refractivity contribution in [1.29, 1.82) is 0 Å². The summed E-state index contributed by atoms with van der Waals surface area (Å²) in [7, 11) is 0. The Morgan fingerprint density at radius 1 is 0.370 bits per heavy atom. The van der Waals surface area contributed by atoms with Crippen LogP contribution < -0.4 is 26.2 Å². The van der Waals surface area contributed by atoms with E-state index < -0.39 is 0 Å². The van der Waals surface area contributed by atoms with Gasteiger partial charge in [-0.15, -0.1) is 0 Å². The third-order valence-corrected chi connectivity index (χ3v) is 9.53. The van der Waals surface area contributed by atoms with Gasteiger partial charge in [-0.3, -0.25) is 0 Å². The summed E-state index contributed by atoms with van der Waals surface area (Å²) in [6.07, 6.45) is 0. The van der Waals surface area contributed by atoms with Gasteiger partial charge in [0, 0.05) is 34.1 Å². The van der Waals surface area contributed by atoms with Gasteiger partial charge >= 0.3 is 0 Å². The van der Waals surface area contributed by atoms with Crippen LogP contribution in [0.1, 0.15) is 5.56 Å². The minimum atomic E-state index is 0.115. The fourth-order valence-corrected chi connectivity index (χ4v) is 7.37. The van der Waals surface area contributed by atoms with E-state index in [0.29, 0.717) is 0 Å². The molecule has 2 aliphatic heterocycles. The van der Waals surface area contributed by atoms with Gasteiger partial charge in [0.15, 0.2) is 0 Å². The number of nitrogens with zero attached hydrogens (tertiary/aromatic N) is 2. The highest BCUT2D eigenvalue weighted by Gasteiger charge is 2.42. The van der Waals surface area contributed by atoms with Crippen LogP contribution in [0.4, 0.5) is 34.1 Å². The topological polar surface area (TPSA) is 6.48 Å². The summed E-state index contributed by atoms with van der Waals surface area (Å²) in [4.78, 5) is 4.92. The Bertz CT molecular complexity index is 2210. The third-order valence-electron chi connectivity index (χ3n) is 9.53. The van der Waals surface area contributed by atoms with E-state index in [4.69, 9.17) is 0 Å². The molecule has 2 heterocycles. The first-order valence-electron chi connectivity index (χ1n) is 16.0. The highest BCUT2D eigenvalue weighted by atomic mass is 15.2. The van der Waals surface area contributed by atoms with Crippen molar-refractivity contribution in [3.63, 3.8) is 0 Å². The molecular formula is C43H31BN2. The predicted octanol–water partition coefficient (Wildman–Crippen LogP) is 9.41. The monoisotopic (exact) mass is 586 g/mol. The lowest BCUT2D eigenvalue weighted by Crippen LogP contribution is -2.61. The molecule has 7 aromatic rings. The Kier molecular flexibility index (Phi) is 6.17. The summed E-state index contributed by atoms with van der Waals surface area (Å²) in [5.41, 5.74) is 17.4. The van der Waals surface area contributed by atoms with Gasteiger partial charge in [0.25, 0.3) is 6.71 Å². The van der Waals surface area contributed by atoms with E-state index in [9.17, 15) is 0 Å². The van der Waals surface area contributed by atoms with Crippen LogP contribution in [0, 0.1) is 6.92 Å². The molecule has 0 atom stereocenters. The van der Waals surface area contributed by atoms with Gasteiger partial charge < -0.3 is 9.80 Å². The Morgan fingerprint density at radius 2 is 0.870 bits per heavy atom. The molecular weight excluding hydrogens is 555 g/mol. The molecule has 0 bridgehead atoms. The van der Waals surface area contributed by atoms with Crippen molar-refractivity contribution in [2.45, 2.75) is 6.92 Å². The first-order valence-corrected chi connectivity index (χ1v) is 16.0. The Morgan fingerprint density at radius 3 is 1.61 bits per heavy atom. The van der Waals surface area contributed by atoms with Gasteiger partial charge in [0.05, 0.1) is 0 Å². The van der Waals surface area contributed by atoms with Crippen LogP contribution in [0.3, 0.4) is 0 Å². The molecule has 0 aliphatic carbocycles. The van der Waals surface area contributed by atoms with E-state index in [2.05, 4.69) is 187 Å². The number of benzene rings is 7. The number of anilines is 6.